The van der Waals surface area contributed by atoms with Crippen LogP contribution in [-0.2, 0) is 18.4 Å². The van der Waals surface area contributed by atoms with Gasteiger partial charge in [0.2, 0.25) is 0 Å². The van der Waals surface area contributed by atoms with E-state index in [1.807, 2.05) is 0 Å². The van der Waals surface area contributed by atoms with Crippen LogP contribution in [0.15, 0.2) is 194 Å². The Kier molecular flexibility index (Phi) is 13.0. The molecule has 0 N–H and O–H groups in total. The van der Waals surface area contributed by atoms with Crippen molar-refractivity contribution < 1.29 is 4.74 Å². The number of unbranched alkanes of at least 4 members (excludes halogenated alkanes) is 6. The Bertz CT molecular complexity index is 2680. The van der Waals surface area contributed by atoms with Gasteiger partial charge in [0, 0.05) is 33.8 Å². The van der Waals surface area contributed by atoms with E-state index in [9.17, 15) is 0 Å². The molecular formula is C61H59NO. The Morgan fingerprint density at radius 2 is 0.921 bits per heavy atom. The highest BCUT2D eigenvalue weighted by Crippen LogP contribution is 2.45. The monoisotopic (exact) mass is 821 g/mol. The van der Waals surface area contributed by atoms with E-state index in [-0.39, 0.29) is 0 Å². The third-order valence-corrected chi connectivity index (χ3v) is 12.9. The summed E-state index contributed by atoms with van der Waals surface area (Å²) in [7, 11) is 0. The molecule has 8 aromatic carbocycles. The number of benzene rings is 8. The van der Waals surface area contributed by atoms with Gasteiger partial charge in [-0.1, -0.05) is 192 Å². The summed E-state index contributed by atoms with van der Waals surface area (Å²) < 4.78 is 7.14. The number of nitrogens with zero attached hydrogens (tertiary/aromatic N) is 1. The van der Waals surface area contributed by atoms with Gasteiger partial charge in [0.15, 0.2) is 5.60 Å². The van der Waals surface area contributed by atoms with Crippen molar-refractivity contribution in [1.29, 1.82) is 0 Å². The van der Waals surface area contributed by atoms with E-state index in [4.69, 9.17) is 4.74 Å². The highest BCUT2D eigenvalue weighted by Gasteiger charge is 2.37. The summed E-state index contributed by atoms with van der Waals surface area (Å²) in [5.74, 6) is 0.882. The van der Waals surface area contributed by atoms with Crippen LogP contribution in [0.1, 0.15) is 93.0 Å². The van der Waals surface area contributed by atoms with Gasteiger partial charge in [0.25, 0.3) is 0 Å². The predicted octanol–water partition coefficient (Wildman–Crippen LogP) is 17.2. The predicted molar refractivity (Wildman–Crippen MR) is 269 cm³/mol. The van der Waals surface area contributed by atoms with Crippen LogP contribution in [0.5, 0.6) is 5.75 Å². The van der Waals surface area contributed by atoms with Gasteiger partial charge in [-0.05, 0) is 131 Å². The largest absolute Gasteiger partial charge is 0.473 e. The number of anilines is 3. The zero-order valence-electron chi connectivity index (χ0n) is 37.0. The first-order valence-electron chi connectivity index (χ1n) is 23.4. The molecule has 9 rings (SSSR count). The molecule has 0 radical (unpaired) electrons. The van der Waals surface area contributed by atoms with Crippen molar-refractivity contribution in [2.45, 2.75) is 83.7 Å². The van der Waals surface area contributed by atoms with E-state index in [0.29, 0.717) is 0 Å². The van der Waals surface area contributed by atoms with Crippen LogP contribution in [0.2, 0.25) is 0 Å². The van der Waals surface area contributed by atoms with Crippen molar-refractivity contribution in [2.24, 2.45) is 0 Å². The van der Waals surface area contributed by atoms with Crippen LogP contribution in [0.4, 0.5) is 17.1 Å². The average molecular weight is 822 g/mol. The maximum absolute atomic E-state index is 7.14. The molecule has 0 aliphatic carbocycles. The lowest BCUT2D eigenvalue weighted by atomic mass is 9.82. The molecule has 0 aromatic heterocycles. The van der Waals surface area contributed by atoms with Crippen molar-refractivity contribution in [3.05, 3.63) is 222 Å². The Hall–Kier alpha value is -6.64. The van der Waals surface area contributed by atoms with E-state index in [0.717, 1.165) is 41.0 Å². The first kappa shape index (κ1) is 41.7. The lowest BCUT2D eigenvalue weighted by Gasteiger charge is -2.36. The van der Waals surface area contributed by atoms with Gasteiger partial charge in [-0.25, -0.2) is 0 Å². The normalized spacial score (nSPS) is 14.3. The van der Waals surface area contributed by atoms with Crippen LogP contribution < -0.4 is 9.64 Å². The number of ether oxygens (including phenoxy) is 1. The molecular weight excluding hydrogens is 763 g/mol. The Morgan fingerprint density at radius 1 is 0.429 bits per heavy atom. The van der Waals surface area contributed by atoms with Gasteiger partial charge in [0.1, 0.15) is 5.75 Å². The molecule has 0 amide bonds. The number of fused-ring (bicyclic) bond motifs is 3. The fourth-order valence-electron chi connectivity index (χ4n) is 9.27. The molecule has 63 heavy (non-hydrogen) atoms. The summed E-state index contributed by atoms with van der Waals surface area (Å²) in [4.78, 5) is 2.40. The van der Waals surface area contributed by atoms with E-state index in [1.54, 1.807) is 0 Å². The fraction of sp³-hybridized carbons (Fsp3) is 0.213. The summed E-state index contributed by atoms with van der Waals surface area (Å²) in [5.41, 5.74) is 13.7. The molecule has 0 bridgehead atoms. The zero-order valence-corrected chi connectivity index (χ0v) is 37.0. The van der Waals surface area contributed by atoms with Crippen LogP contribution in [0.25, 0.3) is 39.1 Å². The standard InChI is InChI=1S/C61H59NO/c1-3-5-7-11-17-46-23-35-55(36-24-46)62(56-37-25-47(26-38-56)18-12-8-6-4-2)57-39-29-50(30-40-57)51-31-41-58-52(45-51)32-42-60-59(58)43-44-61(63-60,53-21-15-10-16-22-53)54-33-27-49(28-34-54)48-19-13-9-14-20-48/h9-10,13-16,19-45H,3-8,11-12,17-18H2,1-2H3. The second-order valence-electron chi connectivity index (χ2n) is 17.2. The second kappa shape index (κ2) is 19.6. The first-order valence-corrected chi connectivity index (χ1v) is 23.4. The molecule has 2 nitrogen and oxygen atoms in total. The molecule has 1 atom stereocenters. The Labute approximate surface area is 375 Å². The van der Waals surface area contributed by atoms with Crippen molar-refractivity contribution >= 4 is 33.9 Å². The van der Waals surface area contributed by atoms with Crippen LogP contribution >= 0.6 is 0 Å². The van der Waals surface area contributed by atoms with Gasteiger partial charge in [-0.3, -0.25) is 0 Å². The summed E-state index contributed by atoms with van der Waals surface area (Å²) in [6.45, 7) is 4.55. The molecule has 0 spiro atoms. The Morgan fingerprint density at radius 3 is 1.51 bits per heavy atom. The van der Waals surface area contributed by atoms with Crippen LogP contribution in [0.3, 0.4) is 0 Å². The molecule has 2 heteroatoms. The highest BCUT2D eigenvalue weighted by molar-refractivity contribution is 5.96. The van der Waals surface area contributed by atoms with Crippen molar-refractivity contribution in [3.8, 4) is 28.0 Å². The summed E-state index contributed by atoms with van der Waals surface area (Å²) in [5, 5.41) is 2.37. The van der Waals surface area contributed by atoms with Gasteiger partial charge < -0.3 is 9.64 Å². The quantitative estimate of drug-likeness (QED) is 0.0849. The summed E-state index contributed by atoms with van der Waals surface area (Å²) in [6, 6.07) is 68.7. The minimum Gasteiger partial charge on any atom is -0.473 e. The SMILES string of the molecule is CCCCCCc1ccc(N(c2ccc(CCCCCC)cc2)c2ccc(-c3ccc4c5c(ccc4c3)OC(c3ccccc3)(c3ccc(-c4ccccc4)cc3)C=C5)cc2)cc1. The third-order valence-electron chi connectivity index (χ3n) is 12.9. The third kappa shape index (κ3) is 9.28. The number of hydrogen-bond acceptors (Lipinski definition) is 2. The van der Waals surface area contributed by atoms with E-state index >= 15 is 0 Å². The molecule has 1 heterocycles. The molecule has 1 unspecified atom stereocenters. The maximum atomic E-state index is 7.14. The average Bonchev–Trinajstić information content (AvgIpc) is 3.35. The zero-order chi connectivity index (χ0) is 42.9. The molecule has 8 aromatic rings. The Balaban J connectivity index is 0.987. The van der Waals surface area contributed by atoms with Crippen molar-refractivity contribution in [3.63, 3.8) is 0 Å². The van der Waals surface area contributed by atoms with Gasteiger partial charge >= 0.3 is 0 Å². The molecule has 0 saturated carbocycles. The van der Waals surface area contributed by atoms with Gasteiger partial charge in [-0.2, -0.15) is 0 Å². The lowest BCUT2D eigenvalue weighted by Crippen LogP contribution is -2.34. The highest BCUT2D eigenvalue weighted by atomic mass is 16.5. The van der Waals surface area contributed by atoms with E-state index in [2.05, 4.69) is 219 Å². The van der Waals surface area contributed by atoms with Crippen molar-refractivity contribution in [2.75, 3.05) is 4.90 Å². The van der Waals surface area contributed by atoms with Crippen LogP contribution in [0, 0.1) is 0 Å². The maximum Gasteiger partial charge on any atom is 0.178 e. The summed E-state index contributed by atoms with van der Waals surface area (Å²) in [6.07, 6.45) is 17.0. The second-order valence-corrected chi connectivity index (χ2v) is 17.2. The van der Waals surface area contributed by atoms with E-state index in [1.165, 1.54) is 107 Å². The van der Waals surface area contributed by atoms with Gasteiger partial charge in [0.05, 0.1) is 0 Å². The van der Waals surface area contributed by atoms with Crippen LogP contribution in [-0.4, -0.2) is 0 Å². The number of hydrogen-bond donors (Lipinski definition) is 0. The molecule has 1 aliphatic heterocycles. The molecule has 314 valence electrons. The topological polar surface area (TPSA) is 12.5 Å². The smallest absolute Gasteiger partial charge is 0.178 e. The fourth-order valence-corrected chi connectivity index (χ4v) is 9.27. The number of aryl methyl sites for hydroxylation is 2. The minimum atomic E-state index is -0.751. The number of rotatable bonds is 17. The molecule has 1 aliphatic rings. The summed E-state index contributed by atoms with van der Waals surface area (Å²) >= 11 is 0. The minimum absolute atomic E-state index is 0.751. The van der Waals surface area contributed by atoms with E-state index < -0.39 is 5.60 Å². The first-order chi connectivity index (χ1) is 31.1. The molecule has 0 saturated heterocycles. The lowest BCUT2D eigenvalue weighted by molar-refractivity contribution is 0.161. The van der Waals surface area contributed by atoms with Crippen molar-refractivity contribution in [1.82, 2.24) is 0 Å². The van der Waals surface area contributed by atoms with Gasteiger partial charge in [-0.15, -0.1) is 0 Å². The molecule has 0 fully saturated rings.